The van der Waals surface area contributed by atoms with E-state index in [0.717, 1.165) is 30.7 Å². The second-order valence-electron chi connectivity index (χ2n) is 6.73. The van der Waals surface area contributed by atoms with Crippen LogP contribution >= 0.6 is 0 Å². The van der Waals surface area contributed by atoms with Gasteiger partial charge in [-0.25, -0.2) is 14.8 Å². The lowest BCUT2D eigenvalue weighted by Gasteiger charge is -2.22. The van der Waals surface area contributed by atoms with Gasteiger partial charge in [0, 0.05) is 38.3 Å². The summed E-state index contributed by atoms with van der Waals surface area (Å²) in [4.78, 5) is 27.3. The number of carbonyl (C=O) groups excluding carboxylic acids is 1. The molecule has 1 aliphatic carbocycles. The summed E-state index contributed by atoms with van der Waals surface area (Å²) in [7, 11) is 0. The maximum atomic E-state index is 12.5. The SMILES string of the molecule is Cc1nc([C@H]2CCCN2C(=O)NCCc2cnc(C3CC3)nc2)no1. The molecular formula is C17H22N6O2. The van der Waals surface area contributed by atoms with Crippen molar-refractivity contribution in [3.63, 3.8) is 0 Å². The molecule has 2 fully saturated rings. The van der Waals surface area contributed by atoms with Gasteiger partial charge in [-0.15, -0.1) is 0 Å². The van der Waals surface area contributed by atoms with Crippen molar-refractivity contribution in [2.45, 2.75) is 51.0 Å². The van der Waals surface area contributed by atoms with Gasteiger partial charge in [0.15, 0.2) is 5.82 Å². The quantitative estimate of drug-likeness (QED) is 0.894. The number of nitrogens with zero attached hydrogens (tertiary/aromatic N) is 5. The molecule has 4 rings (SSSR count). The Labute approximate surface area is 146 Å². The molecule has 0 radical (unpaired) electrons. The standard InChI is InChI=1S/C17H22N6O2/c1-11-21-16(22-25-11)14-3-2-8-23(14)17(24)18-7-6-12-9-19-15(20-10-12)13-4-5-13/h9-10,13-14H,2-8H2,1H3,(H,18,24)/t14-/m1/s1. The molecule has 3 heterocycles. The maximum absolute atomic E-state index is 12.5. The van der Waals surface area contributed by atoms with Gasteiger partial charge >= 0.3 is 6.03 Å². The zero-order valence-electron chi connectivity index (χ0n) is 14.3. The van der Waals surface area contributed by atoms with E-state index in [1.165, 1.54) is 12.8 Å². The highest BCUT2D eigenvalue weighted by molar-refractivity contribution is 5.74. The van der Waals surface area contributed by atoms with Crippen LogP contribution in [0.2, 0.25) is 0 Å². The van der Waals surface area contributed by atoms with Gasteiger partial charge in [-0.2, -0.15) is 4.98 Å². The van der Waals surface area contributed by atoms with Crippen LogP contribution in [0.1, 0.15) is 60.7 Å². The fourth-order valence-corrected chi connectivity index (χ4v) is 3.19. The van der Waals surface area contributed by atoms with Crippen LogP contribution in [0.25, 0.3) is 0 Å². The summed E-state index contributed by atoms with van der Waals surface area (Å²) < 4.78 is 5.04. The van der Waals surface area contributed by atoms with Gasteiger partial charge in [0.1, 0.15) is 5.82 Å². The third-order valence-electron chi connectivity index (χ3n) is 4.71. The molecule has 25 heavy (non-hydrogen) atoms. The van der Waals surface area contributed by atoms with Crippen molar-refractivity contribution in [1.29, 1.82) is 0 Å². The zero-order valence-corrected chi connectivity index (χ0v) is 14.3. The highest BCUT2D eigenvalue weighted by Gasteiger charge is 2.33. The second kappa shape index (κ2) is 6.78. The monoisotopic (exact) mass is 342 g/mol. The van der Waals surface area contributed by atoms with E-state index in [0.29, 0.717) is 30.7 Å². The molecule has 1 saturated carbocycles. The number of hydrogen-bond acceptors (Lipinski definition) is 6. The van der Waals surface area contributed by atoms with Gasteiger partial charge in [0.2, 0.25) is 5.89 Å². The molecular weight excluding hydrogens is 320 g/mol. The number of rotatable bonds is 5. The van der Waals surface area contributed by atoms with E-state index < -0.39 is 0 Å². The third-order valence-corrected chi connectivity index (χ3v) is 4.71. The molecule has 8 nitrogen and oxygen atoms in total. The lowest BCUT2D eigenvalue weighted by atomic mass is 10.2. The summed E-state index contributed by atoms with van der Waals surface area (Å²) in [6.07, 6.45) is 8.67. The minimum atomic E-state index is -0.0985. The van der Waals surface area contributed by atoms with Gasteiger partial charge in [0.05, 0.1) is 6.04 Å². The summed E-state index contributed by atoms with van der Waals surface area (Å²) in [5.74, 6) is 2.63. The molecule has 2 aromatic rings. The fraction of sp³-hybridized carbons (Fsp3) is 0.588. The Kier molecular flexibility index (Phi) is 4.33. The van der Waals surface area contributed by atoms with Crippen molar-refractivity contribution in [2.24, 2.45) is 0 Å². The number of aryl methyl sites for hydroxylation is 1. The number of aromatic nitrogens is 4. The lowest BCUT2D eigenvalue weighted by molar-refractivity contribution is 0.190. The summed E-state index contributed by atoms with van der Waals surface area (Å²) >= 11 is 0. The first-order valence-corrected chi connectivity index (χ1v) is 8.86. The van der Waals surface area contributed by atoms with Gasteiger partial charge in [0.25, 0.3) is 0 Å². The lowest BCUT2D eigenvalue weighted by Crippen LogP contribution is -2.40. The normalized spacial score (nSPS) is 20.0. The molecule has 1 atom stereocenters. The van der Waals surface area contributed by atoms with Crippen LogP contribution in [0, 0.1) is 6.92 Å². The molecule has 2 aliphatic rings. The number of nitrogens with one attached hydrogen (secondary N) is 1. The molecule has 132 valence electrons. The summed E-state index contributed by atoms with van der Waals surface area (Å²) in [5.41, 5.74) is 1.04. The van der Waals surface area contributed by atoms with Gasteiger partial charge in [-0.05, 0) is 37.7 Å². The Bertz CT molecular complexity index is 740. The first-order valence-electron chi connectivity index (χ1n) is 8.86. The molecule has 1 aliphatic heterocycles. The average molecular weight is 342 g/mol. The number of hydrogen-bond donors (Lipinski definition) is 1. The molecule has 0 unspecified atom stereocenters. The van der Waals surface area contributed by atoms with E-state index in [4.69, 9.17) is 4.52 Å². The van der Waals surface area contributed by atoms with Crippen LogP contribution in [0.15, 0.2) is 16.9 Å². The highest BCUT2D eigenvalue weighted by atomic mass is 16.5. The predicted octanol–water partition coefficient (Wildman–Crippen LogP) is 2.13. The molecule has 1 N–H and O–H groups in total. The van der Waals surface area contributed by atoms with Crippen LogP contribution in [0.5, 0.6) is 0 Å². The molecule has 8 heteroatoms. The Morgan fingerprint density at radius 2 is 2.08 bits per heavy atom. The van der Waals surface area contributed by atoms with Gasteiger partial charge in [-0.3, -0.25) is 0 Å². The van der Waals surface area contributed by atoms with E-state index in [1.54, 1.807) is 11.8 Å². The molecule has 2 amide bonds. The Morgan fingerprint density at radius 1 is 1.28 bits per heavy atom. The minimum Gasteiger partial charge on any atom is -0.340 e. The Hall–Kier alpha value is -2.51. The topological polar surface area (TPSA) is 97.0 Å². The van der Waals surface area contributed by atoms with Crippen LogP contribution in [0.3, 0.4) is 0 Å². The Morgan fingerprint density at radius 3 is 2.76 bits per heavy atom. The predicted molar refractivity (Wildman–Crippen MR) is 88.8 cm³/mol. The van der Waals surface area contributed by atoms with Crippen LogP contribution < -0.4 is 5.32 Å². The van der Waals surface area contributed by atoms with Crippen LogP contribution in [0.4, 0.5) is 4.79 Å². The van der Waals surface area contributed by atoms with Crippen molar-refractivity contribution in [2.75, 3.05) is 13.1 Å². The number of urea groups is 1. The first kappa shape index (κ1) is 16.0. The smallest absolute Gasteiger partial charge is 0.318 e. The maximum Gasteiger partial charge on any atom is 0.318 e. The van der Waals surface area contributed by atoms with E-state index >= 15 is 0 Å². The van der Waals surface area contributed by atoms with Crippen molar-refractivity contribution in [3.8, 4) is 0 Å². The zero-order chi connectivity index (χ0) is 17.2. The summed E-state index contributed by atoms with van der Waals surface area (Å²) in [6.45, 7) is 3.02. The van der Waals surface area contributed by atoms with Gasteiger partial charge < -0.3 is 14.7 Å². The van der Waals surface area contributed by atoms with E-state index in [9.17, 15) is 4.79 Å². The summed E-state index contributed by atoms with van der Waals surface area (Å²) in [6, 6.07) is -0.181. The summed E-state index contributed by atoms with van der Waals surface area (Å²) in [5, 5.41) is 6.94. The van der Waals surface area contributed by atoms with Crippen molar-refractivity contribution in [3.05, 3.63) is 35.5 Å². The molecule has 0 spiro atoms. The van der Waals surface area contributed by atoms with E-state index in [2.05, 4.69) is 25.4 Å². The highest BCUT2D eigenvalue weighted by Crippen LogP contribution is 2.37. The van der Waals surface area contributed by atoms with Gasteiger partial charge in [-0.1, -0.05) is 5.16 Å². The van der Waals surface area contributed by atoms with Crippen molar-refractivity contribution in [1.82, 2.24) is 30.3 Å². The molecule has 0 aromatic carbocycles. The van der Waals surface area contributed by atoms with E-state index in [-0.39, 0.29) is 12.1 Å². The minimum absolute atomic E-state index is 0.0829. The second-order valence-corrected chi connectivity index (χ2v) is 6.73. The van der Waals surface area contributed by atoms with Crippen LogP contribution in [-0.2, 0) is 6.42 Å². The van der Waals surface area contributed by atoms with Crippen molar-refractivity contribution >= 4 is 6.03 Å². The molecule has 0 bridgehead atoms. The van der Waals surface area contributed by atoms with E-state index in [1.807, 2.05) is 12.4 Å². The first-order chi connectivity index (χ1) is 12.2. The number of amides is 2. The largest absolute Gasteiger partial charge is 0.340 e. The number of likely N-dealkylation sites (tertiary alicyclic amines) is 1. The third kappa shape index (κ3) is 3.62. The fourth-order valence-electron chi connectivity index (χ4n) is 3.19. The molecule has 2 aromatic heterocycles. The van der Waals surface area contributed by atoms with Crippen molar-refractivity contribution < 1.29 is 9.32 Å². The average Bonchev–Trinajstić information content (AvgIpc) is 3.19. The molecule has 1 saturated heterocycles. The van der Waals surface area contributed by atoms with Crippen LogP contribution in [-0.4, -0.2) is 44.1 Å². The Balaban J connectivity index is 1.29. The number of carbonyl (C=O) groups is 1.